The number of anilines is 2. The van der Waals surface area contributed by atoms with Crippen molar-refractivity contribution >= 4 is 29.1 Å². The molecule has 3 amide bonds. The largest absolute Gasteiger partial charge is 0.497 e. The minimum absolute atomic E-state index is 0.0772. The van der Waals surface area contributed by atoms with Crippen molar-refractivity contribution in [2.24, 2.45) is 5.92 Å². The minimum atomic E-state index is -1.87. The molecule has 0 unspecified atom stereocenters. The summed E-state index contributed by atoms with van der Waals surface area (Å²) in [5.41, 5.74) is 3.08. The highest BCUT2D eigenvalue weighted by atomic mass is 16.5. The summed E-state index contributed by atoms with van der Waals surface area (Å²) >= 11 is 0. The van der Waals surface area contributed by atoms with E-state index < -0.39 is 17.4 Å². The SMILES string of the molecule is COc1ccc2c(c1)[C@](O)([C@@H](C)/C=C/CC(=O)N1Cc3ccccc3C[C@H]1CO)C(=O)N2Cc1ccc(N2CCCC2=O)cc1. The van der Waals surface area contributed by atoms with Gasteiger partial charge in [0.2, 0.25) is 11.8 Å². The summed E-state index contributed by atoms with van der Waals surface area (Å²) in [6.07, 6.45) is 5.50. The van der Waals surface area contributed by atoms with Crippen LogP contribution in [-0.4, -0.2) is 59.1 Å². The standard InChI is InChI=1S/C36H39N3O6/c1-24(7-5-10-34(42)38-22-27-9-4-3-8-26(27)19-29(38)23-40)36(44)31-20-30(45-2)16-17-32(31)39(35(36)43)21-25-12-14-28(15-13-25)37-18-6-11-33(37)41/h3-5,7-9,12-17,20,24,29,40,44H,6,10-11,18-19,21-23H2,1-2H3/b7-5+/t24-,29-,36+/m0/s1. The number of aliphatic hydroxyl groups is 2. The number of ether oxygens (including phenoxy) is 1. The smallest absolute Gasteiger partial charge is 0.264 e. The molecule has 3 atom stereocenters. The van der Waals surface area contributed by atoms with Crippen LogP contribution in [0.4, 0.5) is 11.4 Å². The predicted octanol–water partition coefficient (Wildman–Crippen LogP) is 4.08. The molecule has 1 fully saturated rings. The number of fused-ring (bicyclic) bond motifs is 2. The Morgan fingerprint density at radius 1 is 1.09 bits per heavy atom. The summed E-state index contributed by atoms with van der Waals surface area (Å²) in [6, 6.07) is 20.5. The van der Waals surface area contributed by atoms with Crippen molar-refractivity contribution in [1.29, 1.82) is 0 Å². The first kappa shape index (κ1) is 30.6. The van der Waals surface area contributed by atoms with Gasteiger partial charge >= 0.3 is 0 Å². The third-order valence-corrected chi connectivity index (χ3v) is 9.40. The molecular formula is C36H39N3O6. The van der Waals surface area contributed by atoms with Crippen LogP contribution in [0.15, 0.2) is 78.9 Å². The van der Waals surface area contributed by atoms with Gasteiger partial charge in [0.15, 0.2) is 5.60 Å². The predicted molar refractivity (Wildman–Crippen MR) is 171 cm³/mol. The van der Waals surface area contributed by atoms with E-state index in [1.807, 2.05) is 48.5 Å². The van der Waals surface area contributed by atoms with Gasteiger partial charge in [-0.1, -0.05) is 55.5 Å². The second-order valence-electron chi connectivity index (χ2n) is 12.1. The number of aliphatic hydroxyl groups excluding tert-OH is 1. The van der Waals surface area contributed by atoms with Crippen LogP contribution in [0.1, 0.15) is 48.4 Å². The fraction of sp³-hybridized carbons (Fsp3) is 0.361. The van der Waals surface area contributed by atoms with Gasteiger partial charge in [0, 0.05) is 43.1 Å². The van der Waals surface area contributed by atoms with Crippen LogP contribution in [0.3, 0.4) is 0 Å². The summed E-state index contributed by atoms with van der Waals surface area (Å²) in [6.45, 7) is 3.02. The van der Waals surface area contributed by atoms with E-state index in [0.717, 1.165) is 28.8 Å². The molecule has 3 aliphatic rings. The topological polar surface area (TPSA) is 111 Å². The Bertz CT molecular complexity index is 1640. The molecule has 9 nitrogen and oxygen atoms in total. The van der Waals surface area contributed by atoms with Crippen molar-refractivity contribution < 1.29 is 29.3 Å². The molecule has 3 heterocycles. The Kier molecular flexibility index (Phi) is 8.48. The van der Waals surface area contributed by atoms with Crippen LogP contribution in [0.2, 0.25) is 0 Å². The van der Waals surface area contributed by atoms with Gasteiger partial charge in [-0.05, 0) is 59.9 Å². The molecule has 2 N–H and O–H groups in total. The lowest BCUT2D eigenvalue weighted by Crippen LogP contribution is -2.46. The minimum Gasteiger partial charge on any atom is -0.497 e. The van der Waals surface area contributed by atoms with E-state index in [9.17, 15) is 24.6 Å². The first-order chi connectivity index (χ1) is 21.7. The molecular weight excluding hydrogens is 570 g/mol. The lowest BCUT2D eigenvalue weighted by atomic mass is 9.82. The summed E-state index contributed by atoms with van der Waals surface area (Å²) in [5.74, 6) is -0.606. The molecule has 3 aliphatic heterocycles. The normalized spacial score (nSPS) is 21.8. The maximum atomic E-state index is 14.0. The summed E-state index contributed by atoms with van der Waals surface area (Å²) in [5, 5.41) is 22.1. The highest BCUT2D eigenvalue weighted by Gasteiger charge is 2.52. The Hall–Kier alpha value is -4.47. The third kappa shape index (κ3) is 5.62. The lowest BCUT2D eigenvalue weighted by molar-refractivity contribution is -0.139. The van der Waals surface area contributed by atoms with Crippen molar-refractivity contribution in [3.63, 3.8) is 0 Å². The molecule has 6 rings (SSSR count). The summed E-state index contributed by atoms with van der Waals surface area (Å²) in [7, 11) is 1.54. The van der Waals surface area contributed by atoms with Crippen LogP contribution in [0.5, 0.6) is 5.75 Å². The first-order valence-electron chi connectivity index (χ1n) is 15.5. The number of benzene rings is 3. The fourth-order valence-electron chi connectivity index (χ4n) is 6.77. The average Bonchev–Trinajstić information content (AvgIpc) is 3.59. The quantitative estimate of drug-likeness (QED) is 0.354. The zero-order valence-corrected chi connectivity index (χ0v) is 25.7. The maximum absolute atomic E-state index is 14.0. The van der Waals surface area contributed by atoms with E-state index in [1.54, 1.807) is 52.0 Å². The molecule has 0 saturated carbocycles. The average molecular weight is 610 g/mol. The number of amides is 3. The Morgan fingerprint density at radius 3 is 2.53 bits per heavy atom. The summed E-state index contributed by atoms with van der Waals surface area (Å²) < 4.78 is 5.44. The number of nitrogens with zero attached hydrogens (tertiary/aromatic N) is 3. The molecule has 0 aliphatic carbocycles. The first-order valence-corrected chi connectivity index (χ1v) is 15.5. The van der Waals surface area contributed by atoms with Crippen LogP contribution in [-0.2, 0) is 39.5 Å². The number of rotatable bonds is 9. The van der Waals surface area contributed by atoms with E-state index >= 15 is 0 Å². The van der Waals surface area contributed by atoms with Crippen LogP contribution < -0.4 is 14.5 Å². The lowest BCUT2D eigenvalue weighted by Gasteiger charge is -2.36. The molecule has 3 aromatic rings. The molecule has 0 bridgehead atoms. The fourth-order valence-corrected chi connectivity index (χ4v) is 6.77. The van der Waals surface area contributed by atoms with Gasteiger partial charge in [0.1, 0.15) is 5.75 Å². The highest BCUT2D eigenvalue weighted by Crippen LogP contribution is 2.47. The van der Waals surface area contributed by atoms with E-state index in [4.69, 9.17) is 4.74 Å². The van der Waals surface area contributed by atoms with Crippen LogP contribution in [0, 0.1) is 5.92 Å². The van der Waals surface area contributed by atoms with Crippen molar-refractivity contribution in [2.45, 2.75) is 57.3 Å². The molecule has 45 heavy (non-hydrogen) atoms. The number of carbonyl (C=O) groups is 3. The molecule has 3 aromatic carbocycles. The van der Waals surface area contributed by atoms with E-state index in [0.29, 0.717) is 42.9 Å². The van der Waals surface area contributed by atoms with Gasteiger partial charge in [-0.2, -0.15) is 0 Å². The second-order valence-corrected chi connectivity index (χ2v) is 12.1. The molecule has 0 aromatic heterocycles. The van der Waals surface area contributed by atoms with Gasteiger partial charge in [-0.3, -0.25) is 14.4 Å². The van der Waals surface area contributed by atoms with Gasteiger partial charge in [-0.15, -0.1) is 0 Å². The number of carbonyl (C=O) groups excluding carboxylic acids is 3. The van der Waals surface area contributed by atoms with E-state index in [-0.39, 0.29) is 37.4 Å². The molecule has 1 saturated heterocycles. The molecule has 0 spiro atoms. The molecule has 0 radical (unpaired) electrons. The van der Waals surface area contributed by atoms with E-state index in [2.05, 4.69) is 0 Å². The zero-order valence-electron chi connectivity index (χ0n) is 25.7. The van der Waals surface area contributed by atoms with Crippen molar-refractivity contribution in [1.82, 2.24) is 4.90 Å². The van der Waals surface area contributed by atoms with Gasteiger partial charge in [0.05, 0.1) is 32.0 Å². The summed E-state index contributed by atoms with van der Waals surface area (Å²) in [4.78, 5) is 44.5. The van der Waals surface area contributed by atoms with Crippen molar-refractivity contribution in [2.75, 3.05) is 30.1 Å². The number of hydrogen-bond donors (Lipinski definition) is 2. The molecule has 9 heteroatoms. The van der Waals surface area contributed by atoms with Gasteiger partial charge in [-0.25, -0.2) is 0 Å². The second kappa shape index (κ2) is 12.5. The molecule has 234 valence electrons. The third-order valence-electron chi connectivity index (χ3n) is 9.40. The Labute approximate surface area is 263 Å². The van der Waals surface area contributed by atoms with Gasteiger partial charge < -0.3 is 29.6 Å². The zero-order chi connectivity index (χ0) is 31.7. The monoisotopic (exact) mass is 609 g/mol. The van der Waals surface area contributed by atoms with Crippen molar-refractivity contribution in [3.8, 4) is 5.75 Å². The van der Waals surface area contributed by atoms with E-state index in [1.165, 1.54) is 7.11 Å². The van der Waals surface area contributed by atoms with Crippen LogP contribution in [0.25, 0.3) is 0 Å². The Balaban J connectivity index is 1.20. The number of methoxy groups -OCH3 is 1. The van der Waals surface area contributed by atoms with Crippen LogP contribution >= 0.6 is 0 Å². The highest BCUT2D eigenvalue weighted by molar-refractivity contribution is 6.07. The van der Waals surface area contributed by atoms with Crippen molar-refractivity contribution in [3.05, 3.63) is 101 Å². The number of hydrogen-bond acceptors (Lipinski definition) is 6. The Morgan fingerprint density at radius 2 is 1.84 bits per heavy atom. The maximum Gasteiger partial charge on any atom is 0.264 e. The van der Waals surface area contributed by atoms with Gasteiger partial charge in [0.25, 0.3) is 5.91 Å².